The molecule has 0 aliphatic rings. The smallest absolute Gasteiger partial charge is 0.311 e. The standard InChI is InChI=1S/C20H11Cl2N3O4/c21-14-6-4-11(8-15(14)22)20-24-16-9-13(5-7-18(16)29-20)23-10-12-2-1-3-17(19(12)26)25(27)28/h1-10,26H. The van der Waals surface area contributed by atoms with Crippen molar-refractivity contribution in [1.82, 2.24) is 4.98 Å². The van der Waals surface area contributed by atoms with Gasteiger partial charge in [-0.2, -0.15) is 0 Å². The van der Waals surface area contributed by atoms with E-state index in [9.17, 15) is 15.2 Å². The first-order valence-corrected chi connectivity index (χ1v) is 9.04. The highest BCUT2D eigenvalue weighted by molar-refractivity contribution is 6.42. The number of aliphatic imine (C=N–C) groups is 1. The Labute approximate surface area is 174 Å². The molecule has 29 heavy (non-hydrogen) atoms. The summed E-state index contributed by atoms with van der Waals surface area (Å²) in [7, 11) is 0. The molecule has 0 spiro atoms. The minimum atomic E-state index is -0.654. The van der Waals surface area contributed by atoms with Gasteiger partial charge in [-0.3, -0.25) is 15.1 Å². The molecule has 7 nitrogen and oxygen atoms in total. The summed E-state index contributed by atoms with van der Waals surface area (Å²) < 4.78 is 5.75. The highest BCUT2D eigenvalue weighted by Crippen LogP contribution is 2.32. The Hall–Kier alpha value is -3.42. The SMILES string of the molecule is O=[N+]([O-])c1cccc(C=Nc2ccc3oc(-c4ccc(Cl)c(Cl)c4)nc3c2)c1O. The van der Waals surface area contributed by atoms with Gasteiger partial charge in [-0.15, -0.1) is 0 Å². The van der Waals surface area contributed by atoms with E-state index in [0.29, 0.717) is 38.3 Å². The van der Waals surface area contributed by atoms with Crippen LogP contribution in [0.15, 0.2) is 64.0 Å². The highest BCUT2D eigenvalue weighted by atomic mass is 35.5. The van der Waals surface area contributed by atoms with Crippen molar-refractivity contribution in [3.05, 3.63) is 80.3 Å². The third-order valence-corrected chi connectivity index (χ3v) is 4.87. The number of halogens is 2. The molecule has 4 rings (SSSR count). The lowest BCUT2D eigenvalue weighted by molar-refractivity contribution is -0.385. The van der Waals surface area contributed by atoms with Crippen LogP contribution < -0.4 is 0 Å². The second-order valence-electron chi connectivity index (χ2n) is 6.03. The second-order valence-corrected chi connectivity index (χ2v) is 6.84. The van der Waals surface area contributed by atoms with Gasteiger partial charge in [0.1, 0.15) is 5.52 Å². The lowest BCUT2D eigenvalue weighted by atomic mass is 10.2. The van der Waals surface area contributed by atoms with Crippen LogP contribution in [0.3, 0.4) is 0 Å². The number of nitrogens with zero attached hydrogens (tertiary/aromatic N) is 3. The molecule has 3 aromatic carbocycles. The monoisotopic (exact) mass is 427 g/mol. The van der Waals surface area contributed by atoms with Gasteiger partial charge in [0.2, 0.25) is 11.6 Å². The van der Waals surface area contributed by atoms with E-state index in [1.165, 1.54) is 24.4 Å². The summed E-state index contributed by atoms with van der Waals surface area (Å²) in [5.41, 5.74) is 2.20. The summed E-state index contributed by atoms with van der Waals surface area (Å²) in [5, 5.41) is 21.8. The van der Waals surface area contributed by atoms with Crippen molar-refractivity contribution in [1.29, 1.82) is 0 Å². The summed E-state index contributed by atoms with van der Waals surface area (Å²) in [5.74, 6) is -0.0540. The molecule has 0 saturated carbocycles. The van der Waals surface area contributed by atoms with E-state index in [1.54, 1.807) is 36.4 Å². The van der Waals surface area contributed by atoms with E-state index in [-0.39, 0.29) is 11.3 Å². The van der Waals surface area contributed by atoms with Gasteiger partial charge in [-0.1, -0.05) is 29.3 Å². The summed E-state index contributed by atoms with van der Waals surface area (Å²) >= 11 is 12.0. The number of para-hydroxylation sites is 1. The number of aromatic hydroxyl groups is 1. The van der Waals surface area contributed by atoms with Crippen LogP contribution in [0.2, 0.25) is 10.0 Å². The van der Waals surface area contributed by atoms with Crippen LogP contribution in [0, 0.1) is 10.1 Å². The number of benzene rings is 3. The first kappa shape index (κ1) is 18.9. The van der Waals surface area contributed by atoms with Crippen molar-refractivity contribution in [2.24, 2.45) is 4.99 Å². The Morgan fingerprint density at radius 3 is 2.69 bits per heavy atom. The fourth-order valence-electron chi connectivity index (χ4n) is 2.69. The van der Waals surface area contributed by atoms with Gasteiger partial charge < -0.3 is 9.52 Å². The summed E-state index contributed by atoms with van der Waals surface area (Å²) in [6.07, 6.45) is 1.35. The lowest BCUT2D eigenvalue weighted by Crippen LogP contribution is -1.91. The van der Waals surface area contributed by atoms with Crippen LogP contribution in [-0.2, 0) is 0 Å². The first-order chi connectivity index (χ1) is 13.9. The Balaban J connectivity index is 1.66. The normalized spacial score (nSPS) is 11.4. The zero-order valence-electron chi connectivity index (χ0n) is 14.5. The molecule has 9 heteroatoms. The van der Waals surface area contributed by atoms with Crippen molar-refractivity contribution in [3.8, 4) is 17.2 Å². The molecular weight excluding hydrogens is 417 g/mol. The number of phenols is 1. The van der Waals surface area contributed by atoms with Crippen molar-refractivity contribution in [3.63, 3.8) is 0 Å². The Morgan fingerprint density at radius 2 is 1.93 bits per heavy atom. The van der Waals surface area contributed by atoms with Crippen molar-refractivity contribution >= 4 is 51.9 Å². The summed E-state index contributed by atoms with van der Waals surface area (Å²) in [6, 6.07) is 14.4. The average Bonchev–Trinajstić information content (AvgIpc) is 3.12. The molecule has 0 amide bonds. The molecule has 4 aromatic rings. The van der Waals surface area contributed by atoms with E-state index in [4.69, 9.17) is 27.6 Å². The molecule has 0 unspecified atom stereocenters. The van der Waals surface area contributed by atoms with E-state index < -0.39 is 10.7 Å². The van der Waals surface area contributed by atoms with Gasteiger partial charge in [0.15, 0.2) is 5.58 Å². The molecule has 0 fully saturated rings. The minimum absolute atomic E-state index is 0.232. The van der Waals surface area contributed by atoms with E-state index in [0.717, 1.165) is 0 Å². The molecule has 0 bridgehead atoms. The number of hydrogen-bond acceptors (Lipinski definition) is 6. The van der Waals surface area contributed by atoms with Crippen LogP contribution in [0.1, 0.15) is 5.56 Å². The predicted molar refractivity (Wildman–Crippen MR) is 111 cm³/mol. The molecule has 1 N–H and O–H groups in total. The molecule has 0 radical (unpaired) electrons. The fraction of sp³-hybridized carbons (Fsp3) is 0. The van der Waals surface area contributed by atoms with Gasteiger partial charge in [0.05, 0.1) is 20.7 Å². The van der Waals surface area contributed by atoms with Crippen molar-refractivity contribution in [2.45, 2.75) is 0 Å². The molecular formula is C20H11Cl2N3O4. The van der Waals surface area contributed by atoms with Crippen LogP contribution >= 0.6 is 23.2 Å². The van der Waals surface area contributed by atoms with Crippen LogP contribution in [0.4, 0.5) is 11.4 Å². The van der Waals surface area contributed by atoms with Crippen molar-refractivity contribution in [2.75, 3.05) is 0 Å². The van der Waals surface area contributed by atoms with Crippen LogP contribution in [0.25, 0.3) is 22.6 Å². The van der Waals surface area contributed by atoms with Crippen molar-refractivity contribution < 1.29 is 14.4 Å². The zero-order chi connectivity index (χ0) is 20.5. The Kier molecular flexibility index (Phi) is 4.92. The molecule has 144 valence electrons. The van der Waals surface area contributed by atoms with E-state index in [1.807, 2.05) is 0 Å². The number of phenolic OH excluding ortho intramolecular Hbond substituents is 1. The van der Waals surface area contributed by atoms with Crippen LogP contribution in [-0.4, -0.2) is 21.2 Å². The topological polar surface area (TPSA) is 102 Å². The molecule has 0 atom stereocenters. The third kappa shape index (κ3) is 3.78. The molecule has 0 aliphatic carbocycles. The van der Waals surface area contributed by atoms with Gasteiger partial charge in [0, 0.05) is 23.4 Å². The Bertz CT molecular complexity index is 1280. The van der Waals surface area contributed by atoms with Crippen LogP contribution in [0.5, 0.6) is 5.75 Å². The highest BCUT2D eigenvalue weighted by Gasteiger charge is 2.15. The largest absolute Gasteiger partial charge is 0.502 e. The summed E-state index contributed by atoms with van der Waals surface area (Å²) in [6.45, 7) is 0. The molecule has 0 saturated heterocycles. The lowest BCUT2D eigenvalue weighted by Gasteiger charge is -1.99. The third-order valence-electron chi connectivity index (χ3n) is 4.13. The maximum absolute atomic E-state index is 10.9. The van der Waals surface area contributed by atoms with Gasteiger partial charge in [-0.05, 0) is 42.5 Å². The minimum Gasteiger partial charge on any atom is -0.502 e. The number of nitro benzene ring substituents is 1. The zero-order valence-corrected chi connectivity index (χ0v) is 16.1. The number of aromatic nitrogens is 1. The molecule has 1 heterocycles. The quantitative estimate of drug-likeness (QED) is 0.238. The number of hydrogen-bond donors (Lipinski definition) is 1. The predicted octanol–water partition coefficient (Wildman–Crippen LogP) is 6.17. The maximum Gasteiger partial charge on any atom is 0.311 e. The maximum atomic E-state index is 10.9. The van der Waals surface area contributed by atoms with E-state index in [2.05, 4.69) is 9.98 Å². The van der Waals surface area contributed by atoms with Gasteiger partial charge in [-0.25, -0.2) is 4.98 Å². The molecule has 0 aliphatic heterocycles. The number of rotatable bonds is 4. The summed E-state index contributed by atoms with van der Waals surface area (Å²) in [4.78, 5) is 19.0. The fourth-order valence-corrected chi connectivity index (χ4v) is 2.99. The second kappa shape index (κ2) is 7.54. The van der Waals surface area contributed by atoms with Gasteiger partial charge >= 0.3 is 5.69 Å². The number of fused-ring (bicyclic) bond motifs is 1. The average molecular weight is 428 g/mol. The first-order valence-electron chi connectivity index (χ1n) is 8.29. The van der Waals surface area contributed by atoms with Gasteiger partial charge in [0.25, 0.3) is 0 Å². The number of oxazole rings is 1. The molecule has 1 aromatic heterocycles. The Morgan fingerprint density at radius 1 is 1.10 bits per heavy atom. The van der Waals surface area contributed by atoms with E-state index >= 15 is 0 Å². The number of nitro groups is 1.